The van der Waals surface area contributed by atoms with Gasteiger partial charge in [0.1, 0.15) is 0 Å². The number of unbranched alkanes of at least 4 members (excludes halogenated alkanes) is 1. The third-order valence-electron chi connectivity index (χ3n) is 5.34. The molecule has 0 saturated heterocycles. The first-order valence-corrected chi connectivity index (χ1v) is 12.6. The van der Waals surface area contributed by atoms with Gasteiger partial charge in [-0.2, -0.15) is 4.31 Å². The Morgan fingerprint density at radius 3 is 2.24 bits per heavy atom. The summed E-state index contributed by atoms with van der Waals surface area (Å²) >= 11 is 0. The molecule has 2 aromatic carbocycles. The third kappa shape index (κ3) is 6.27. The van der Waals surface area contributed by atoms with Crippen LogP contribution in [0.25, 0.3) is 0 Å². The highest BCUT2D eigenvalue weighted by atomic mass is 32.2. The molecular formula is C24H30N4O4S. The van der Waals surface area contributed by atoms with Crippen LogP contribution in [-0.4, -0.2) is 41.9 Å². The number of aryl methyl sites for hydroxylation is 1. The first-order chi connectivity index (χ1) is 15.9. The molecule has 0 atom stereocenters. The molecular weight excluding hydrogens is 440 g/mol. The minimum Gasteiger partial charge on any atom is -0.407 e. The van der Waals surface area contributed by atoms with Crippen LogP contribution in [0, 0.1) is 0 Å². The minimum atomic E-state index is -3.59. The highest BCUT2D eigenvalue weighted by molar-refractivity contribution is 7.89. The molecule has 8 nitrogen and oxygen atoms in total. The summed E-state index contributed by atoms with van der Waals surface area (Å²) < 4.78 is 32.6. The number of nitrogens with one attached hydrogen (secondary N) is 1. The van der Waals surface area contributed by atoms with Gasteiger partial charge in [0.25, 0.3) is 5.91 Å². The van der Waals surface area contributed by atoms with Gasteiger partial charge in [-0.1, -0.05) is 56.6 Å². The van der Waals surface area contributed by atoms with Crippen LogP contribution in [-0.2, 0) is 22.9 Å². The number of rotatable bonds is 11. The number of aromatic nitrogens is 2. The molecule has 1 heterocycles. The van der Waals surface area contributed by atoms with Crippen LogP contribution < -0.4 is 5.32 Å². The lowest BCUT2D eigenvalue weighted by Gasteiger charge is -2.20. The lowest BCUT2D eigenvalue weighted by Crippen LogP contribution is -2.31. The maximum atomic E-state index is 12.8. The molecule has 0 bridgehead atoms. The van der Waals surface area contributed by atoms with Crippen LogP contribution in [0.2, 0.25) is 0 Å². The van der Waals surface area contributed by atoms with E-state index in [0.717, 1.165) is 24.8 Å². The number of hydrogen-bond donors (Lipinski definition) is 1. The average Bonchev–Trinajstić information content (AvgIpc) is 3.26. The van der Waals surface area contributed by atoms with Crippen LogP contribution in [0.1, 0.15) is 61.0 Å². The van der Waals surface area contributed by atoms with E-state index in [0.29, 0.717) is 31.0 Å². The van der Waals surface area contributed by atoms with E-state index in [2.05, 4.69) is 34.6 Å². The molecule has 176 valence electrons. The summed E-state index contributed by atoms with van der Waals surface area (Å²) in [7, 11) is -3.59. The van der Waals surface area contributed by atoms with E-state index in [1.165, 1.54) is 34.1 Å². The molecule has 0 aliphatic carbocycles. The summed E-state index contributed by atoms with van der Waals surface area (Å²) in [6, 6.07) is 14.0. The fourth-order valence-corrected chi connectivity index (χ4v) is 4.81. The Kier molecular flexibility index (Phi) is 8.35. The Morgan fingerprint density at radius 2 is 1.64 bits per heavy atom. The molecule has 0 aliphatic rings. The zero-order valence-electron chi connectivity index (χ0n) is 19.2. The lowest BCUT2D eigenvalue weighted by molar-refractivity contribution is 0.102. The summed E-state index contributed by atoms with van der Waals surface area (Å²) in [5, 5.41) is 10.4. The van der Waals surface area contributed by atoms with E-state index in [4.69, 9.17) is 4.42 Å². The Hall–Kier alpha value is -3.04. The van der Waals surface area contributed by atoms with Gasteiger partial charge in [-0.25, -0.2) is 8.42 Å². The first kappa shape index (κ1) is 24.6. The highest BCUT2D eigenvalue weighted by Gasteiger charge is 2.23. The zero-order chi connectivity index (χ0) is 23.8. The predicted molar refractivity (Wildman–Crippen MR) is 127 cm³/mol. The van der Waals surface area contributed by atoms with E-state index in [1.807, 2.05) is 26.0 Å². The summed E-state index contributed by atoms with van der Waals surface area (Å²) in [5.41, 5.74) is 2.57. The van der Waals surface area contributed by atoms with Gasteiger partial charge in [0.05, 0.1) is 11.3 Å². The maximum absolute atomic E-state index is 12.8. The van der Waals surface area contributed by atoms with E-state index in [1.54, 1.807) is 0 Å². The Morgan fingerprint density at radius 1 is 0.970 bits per heavy atom. The van der Waals surface area contributed by atoms with E-state index >= 15 is 0 Å². The highest BCUT2D eigenvalue weighted by Crippen LogP contribution is 2.18. The van der Waals surface area contributed by atoms with Crippen LogP contribution in [0.3, 0.4) is 0 Å². The monoisotopic (exact) mass is 470 g/mol. The van der Waals surface area contributed by atoms with Gasteiger partial charge >= 0.3 is 6.01 Å². The van der Waals surface area contributed by atoms with Crippen molar-refractivity contribution in [1.82, 2.24) is 14.5 Å². The summed E-state index contributed by atoms with van der Waals surface area (Å²) in [6.45, 7) is 6.80. The van der Waals surface area contributed by atoms with E-state index < -0.39 is 15.9 Å². The largest absolute Gasteiger partial charge is 0.407 e. The van der Waals surface area contributed by atoms with Gasteiger partial charge in [-0.3, -0.25) is 10.1 Å². The number of amides is 1. The normalized spacial score (nSPS) is 11.6. The second-order valence-electron chi connectivity index (χ2n) is 7.68. The van der Waals surface area contributed by atoms with Crippen LogP contribution in [0.4, 0.5) is 6.01 Å². The Balaban J connectivity index is 1.64. The van der Waals surface area contributed by atoms with Crippen molar-refractivity contribution in [2.75, 3.05) is 18.4 Å². The third-order valence-corrected chi connectivity index (χ3v) is 7.33. The molecule has 0 radical (unpaired) electrons. The summed E-state index contributed by atoms with van der Waals surface area (Å²) in [6.07, 6.45) is 3.14. The topological polar surface area (TPSA) is 105 Å². The number of benzene rings is 2. The molecule has 0 fully saturated rings. The molecule has 3 rings (SSSR count). The van der Waals surface area contributed by atoms with Gasteiger partial charge in [-0.05, 0) is 48.2 Å². The van der Waals surface area contributed by atoms with Crippen molar-refractivity contribution in [3.8, 4) is 0 Å². The molecule has 0 saturated carbocycles. The minimum absolute atomic E-state index is 0.00593. The molecule has 1 aromatic heterocycles. The number of hydrogen-bond acceptors (Lipinski definition) is 6. The second-order valence-corrected chi connectivity index (χ2v) is 9.61. The van der Waals surface area contributed by atoms with Crippen molar-refractivity contribution in [3.05, 3.63) is 71.1 Å². The fourth-order valence-electron chi connectivity index (χ4n) is 3.32. The van der Waals surface area contributed by atoms with Crippen molar-refractivity contribution in [1.29, 1.82) is 0 Å². The Labute approximate surface area is 195 Å². The van der Waals surface area contributed by atoms with Gasteiger partial charge in [0, 0.05) is 18.7 Å². The number of carbonyl (C=O) groups is 1. The van der Waals surface area contributed by atoms with Gasteiger partial charge in [0.2, 0.25) is 15.9 Å². The number of sulfonamides is 1. The molecule has 0 spiro atoms. The van der Waals surface area contributed by atoms with Crippen LogP contribution in [0.5, 0.6) is 0 Å². The summed E-state index contributed by atoms with van der Waals surface area (Å²) in [4.78, 5) is 12.7. The summed E-state index contributed by atoms with van der Waals surface area (Å²) in [5.74, 6) is -0.0671. The maximum Gasteiger partial charge on any atom is 0.322 e. The van der Waals surface area contributed by atoms with Crippen molar-refractivity contribution in [2.24, 2.45) is 0 Å². The number of nitrogens with zero attached hydrogens (tertiary/aromatic N) is 3. The van der Waals surface area contributed by atoms with Crippen molar-refractivity contribution < 1.29 is 17.6 Å². The number of anilines is 1. The molecule has 3 aromatic rings. The molecule has 33 heavy (non-hydrogen) atoms. The van der Waals surface area contributed by atoms with Gasteiger partial charge < -0.3 is 4.42 Å². The van der Waals surface area contributed by atoms with E-state index in [9.17, 15) is 13.2 Å². The fraction of sp³-hybridized carbons (Fsp3) is 0.375. The molecule has 1 amide bonds. The quantitative estimate of drug-likeness (QED) is 0.448. The van der Waals surface area contributed by atoms with Crippen molar-refractivity contribution in [2.45, 2.75) is 51.3 Å². The molecule has 0 unspecified atom stereocenters. The van der Waals surface area contributed by atoms with Crippen molar-refractivity contribution in [3.63, 3.8) is 0 Å². The van der Waals surface area contributed by atoms with E-state index in [-0.39, 0.29) is 10.9 Å². The molecule has 9 heteroatoms. The molecule has 0 aliphatic heterocycles. The number of carbonyl (C=O) groups excluding carboxylic acids is 1. The first-order valence-electron chi connectivity index (χ1n) is 11.2. The standard InChI is InChI=1S/C24H30N4O4S/c1-4-7-16-28(6-3)33(30,31)21-14-12-20(13-15-21)23(29)25-24-27-26-22(32-24)17-19-10-8-18(5-2)9-11-19/h8-15H,4-7,16-17H2,1-3H3,(H,25,27,29). The van der Waals surface area contributed by atoms with Crippen molar-refractivity contribution >= 4 is 21.9 Å². The zero-order valence-corrected chi connectivity index (χ0v) is 20.1. The average molecular weight is 471 g/mol. The van der Waals surface area contributed by atoms with Crippen LogP contribution in [0.15, 0.2) is 57.8 Å². The molecule has 1 N–H and O–H groups in total. The van der Waals surface area contributed by atoms with Crippen LogP contribution >= 0.6 is 0 Å². The predicted octanol–water partition coefficient (Wildman–Crippen LogP) is 4.29. The smallest absolute Gasteiger partial charge is 0.322 e. The van der Waals surface area contributed by atoms with Gasteiger partial charge in [0.15, 0.2) is 0 Å². The van der Waals surface area contributed by atoms with Gasteiger partial charge in [-0.15, -0.1) is 5.10 Å². The Bertz CT molecular complexity index is 1160. The second kappa shape index (κ2) is 11.2. The lowest BCUT2D eigenvalue weighted by atomic mass is 10.1. The SMILES string of the molecule is CCCCN(CC)S(=O)(=O)c1ccc(C(=O)Nc2nnc(Cc3ccc(CC)cc3)o2)cc1.